The van der Waals surface area contributed by atoms with Crippen LogP contribution in [-0.2, 0) is 5.41 Å². The van der Waals surface area contributed by atoms with E-state index in [0.717, 1.165) is 54.7 Å². The van der Waals surface area contributed by atoms with Gasteiger partial charge >= 0.3 is 0 Å². The van der Waals surface area contributed by atoms with Crippen molar-refractivity contribution in [2.45, 2.75) is 77.0 Å². The highest BCUT2D eigenvalue weighted by atomic mass is 35.5. The molecule has 3 aliphatic carbocycles. The minimum Gasteiger partial charge on any atom is -0.496 e. The molecule has 0 N–H and O–H groups in total. The van der Waals surface area contributed by atoms with Gasteiger partial charge in [0, 0.05) is 17.4 Å². The van der Waals surface area contributed by atoms with Gasteiger partial charge in [-0.15, -0.1) is 11.6 Å². The van der Waals surface area contributed by atoms with Gasteiger partial charge < -0.3 is 9.47 Å². The first-order valence-electron chi connectivity index (χ1n) is 17.1. The predicted octanol–water partition coefficient (Wildman–Crippen LogP) is 9.55. The molecule has 1 heterocycles. The third-order valence-electron chi connectivity index (χ3n) is 11.7. The summed E-state index contributed by atoms with van der Waals surface area (Å²) in [7, 11) is 3.49. The van der Waals surface area contributed by atoms with Gasteiger partial charge in [-0.2, -0.15) is 0 Å². The molecule has 2 amide bonds. The molecule has 6 heteroatoms. The fourth-order valence-electron chi connectivity index (χ4n) is 8.76. The number of unbranched alkanes of at least 4 members (excludes halogenated alkanes) is 2. The van der Waals surface area contributed by atoms with Crippen molar-refractivity contribution in [1.82, 2.24) is 4.90 Å². The molecule has 1 fully saturated rings. The Bertz CT molecular complexity index is 1620. The second-order valence-electron chi connectivity index (χ2n) is 14.7. The summed E-state index contributed by atoms with van der Waals surface area (Å²) >= 11 is 6.02. The van der Waals surface area contributed by atoms with E-state index in [1.807, 2.05) is 12.1 Å². The summed E-state index contributed by atoms with van der Waals surface area (Å²) in [4.78, 5) is 28.1. The molecule has 7 rings (SSSR count). The molecule has 1 aliphatic heterocycles. The normalized spacial score (nSPS) is 22.0. The summed E-state index contributed by atoms with van der Waals surface area (Å²) in [6.07, 6.45) is 7.63. The quantitative estimate of drug-likeness (QED) is 0.0798. The Labute approximate surface area is 285 Å². The van der Waals surface area contributed by atoms with Gasteiger partial charge in [0.05, 0.1) is 31.9 Å². The van der Waals surface area contributed by atoms with Gasteiger partial charge in [0.2, 0.25) is 0 Å². The van der Waals surface area contributed by atoms with Gasteiger partial charge in [-0.05, 0) is 83.2 Å². The third-order valence-corrected chi connectivity index (χ3v) is 11.9. The van der Waals surface area contributed by atoms with Gasteiger partial charge in [0.15, 0.2) is 0 Å². The first-order valence-corrected chi connectivity index (χ1v) is 17.6. The standard InChI is InChI=1S/C41H48ClNO4/c1-40(2,32(19-11-8-14-20-42)26-15-9-7-10-16-26)28-22-35(46-5)37(36(23-28)47-6)31-21-27(33-24-34(31)41(33,3)4)25-43-38(44)29-17-12-13-18-30(29)39(43)45/h7,9-10,12-13,15-18,21-23,31-34H,8,11,14,19-20,24-25H2,1-6H3/t31-,32?,33+,34-/m0/s1. The fraction of sp³-hybridized carbons (Fsp3) is 0.463. The Morgan fingerprint density at radius 2 is 1.49 bits per heavy atom. The van der Waals surface area contributed by atoms with Crippen molar-refractivity contribution in [1.29, 1.82) is 0 Å². The van der Waals surface area contributed by atoms with Crippen molar-refractivity contribution in [2.75, 3.05) is 26.6 Å². The van der Waals surface area contributed by atoms with E-state index in [2.05, 4.69) is 76.2 Å². The number of fused-ring (bicyclic) bond motifs is 2. The number of halogens is 1. The van der Waals surface area contributed by atoms with Crippen LogP contribution in [0.3, 0.4) is 0 Å². The maximum atomic E-state index is 13.3. The number of alkyl halides is 1. The number of hydrogen-bond acceptors (Lipinski definition) is 4. The van der Waals surface area contributed by atoms with Crippen molar-refractivity contribution in [3.05, 3.63) is 106 Å². The highest BCUT2D eigenvalue weighted by Gasteiger charge is 2.57. The number of benzene rings is 3. The first kappa shape index (κ1) is 33.3. The Kier molecular flexibility index (Phi) is 9.32. The van der Waals surface area contributed by atoms with Crippen molar-refractivity contribution in [3.8, 4) is 11.5 Å². The Morgan fingerprint density at radius 3 is 2.04 bits per heavy atom. The molecular weight excluding hydrogens is 606 g/mol. The molecule has 0 spiro atoms. The number of methoxy groups -OCH3 is 2. The Morgan fingerprint density at radius 1 is 0.894 bits per heavy atom. The van der Waals surface area contributed by atoms with Crippen LogP contribution in [0.15, 0.2) is 78.4 Å². The molecule has 1 saturated carbocycles. The minimum atomic E-state index is -0.209. The zero-order valence-electron chi connectivity index (χ0n) is 28.6. The topological polar surface area (TPSA) is 55.8 Å². The van der Waals surface area contributed by atoms with Crippen molar-refractivity contribution in [2.24, 2.45) is 17.3 Å². The molecule has 3 aromatic rings. The average molecular weight is 654 g/mol. The van der Waals surface area contributed by atoms with Crippen molar-refractivity contribution in [3.63, 3.8) is 0 Å². The molecule has 3 aromatic carbocycles. The average Bonchev–Trinajstić information content (AvgIpc) is 3.32. The second-order valence-corrected chi connectivity index (χ2v) is 15.1. The van der Waals surface area contributed by atoms with E-state index in [1.54, 1.807) is 26.4 Å². The minimum absolute atomic E-state index is 0.00280. The van der Waals surface area contributed by atoms with Gasteiger partial charge in [-0.1, -0.05) is 94.7 Å². The van der Waals surface area contributed by atoms with Crippen molar-refractivity contribution >= 4 is 23.4 Å². The van der Waals surface area contributed by atoms with Crippen LogP contribution in [0.25, 0.3) is 0 Å². The molecule has 0 saturated heterocycles. The van der Waals surface area contributed by atoms with Crippen LogP contribution < -0.4 is 9.47 Å². The van der Waals surface area contributed by atoms with Crippen LogP contribution in [0.5, 0.6) is 11.5 Å². The van der Waals surface area contributed by atoms with E-state index in [-0.39, 0.29) is 28.6 Å². The van der Waals surface area contributed by atoms with Crippen LogP contribution in [-0.4, -0.2) is 43.4 Å². The summed E-state index contributed by atoms with van der Waals surface area (Å²) in [6, 6.07) is 22.4. The zero-order chi connectivity index (χ0) is 33.5. The third kappa shape index (κ3) is 5.79. The van der Waals surface area contributed by atoms with Crippen molar-refractivity contribution < 1.29 is 19.1 Å². The maximum absolute atomic E-state index is 13.3. The van der Waals surface area contributed by atoms with Crippen LogP contribution in [0.1, 0.15) is 109 Å². The molecule has 1 unspecified atom stereocenters. The molecule has 0 radical (unpaired) electrons. The molecule has 4 atom stereocenters. The molecule has 5 nitrogen and oxygen atoms in total. The molecule has 47 heavy (non-hydrogen) atoms. The van der Waals surface area contributed by atoms with Crippen LogP contribution in [0, 0.1) is 17.3 Å². The SMILES string of the molecule is COc1cc(C(C)(C)C(CCCCCCl)c2ccccc2)cc(OC)c1[C@H]1C=C(CN2C(=O)c3ccccc3C2=O)[C@H]2C[C@@H]1C2(C)C. The van der Waals surface area contributed by atoms with Gasteiger partial charge in [-0.3, -0.25) is 14.5 Å². The molecule has 4 aliphatic rings. The van der Waals surface area contributed by atoms with Crippen LogP contribution >= 0.6 is 11.6 Å². The van der Waals surface area contributed by atoms with E-state index < -0.39 is 0 Å². The highest BCUT2D eigenvalue weighted by Crippen LogP contribution is 2.65. The number of ether oxygens (including phenoxy) is 2. The van der Waals surface area contributed by atoms with Gasteiger partial charge in [0.1, 0.15) is 11.5 Å². The van der Waals surface area contributed by atoms with E-state index in [1.165, 1.54) is 16.0 Å². The highest BCUT2D eigenvalue weighted by molar-refractivity contribution is 6.21. The molecule has 0 aromatic heterocycles. The maximum Gasteiger partial charge on any atom is 0.261 e. The summed E-state index contributed by atoms with van der Waals surface area (Å²) < 4.78 is 12.4. The van der Waals surface area contributed by atoms with E-state index in [4.69, 9.17) is 21.1 Å². The first-order chi connectivity index (χ1) is 22.5. The lowest BCUT2D eigenvalue weighted by molar-refractivity contribution is -0.0233. The lowest BCUT2D eigenvalue weighted by Crippen LogP contribution is -2.53. The second kappa shape index (κ2) is 13.1. The van der Waals surface area contributed by atoms with Gasteiger partial charge in [-0.25, -0.2) is 0 Å². The number of nitrogens with zero attached hydrogens (tertiary/aromatic N) is 1. The summed E-state index contributed by atoms with van der Waals surface area (Å²) in [5, 5.41) is 0. The smallest absolute Gasteiger partial charge is 0.261 e. The number of allylic oxidation sites excluding steroid dienone is 1. The Hall–Kier alpha value is -3.57. The lowest BCUT2D eigenvalue weighted by atomic mass is 9.45. The number of rotatable bonds is 13. The number of hydrogen-bond donors (Lipinski definition) is 0. The van der Waals surface area contributed by atoms with E-state index in [9.17, 15) is 9.59 Å². The largest absolute Gasteiger partial charge is 0.496 e. The number of carbonyl (C=O) groups excluding carboxylic acids is 2. The number of imide groups is 1. The lowest BCUT2D eigenvalue weighted by Gasteiger charge is -2.60. The monoisotopic (exact) mass is 653 g/mol. The summed E-state index contributed by atoms with van der Waals surface area (Å²) in [5.41, 5.74) is 5.48. The van der Waals surface area contributed by atoms with Crippen LogP contribution in [0.4, 0.5) is 0 Å². The summed E-state index contributed by atoms with van der Waals surface area (Å²) in [6.45, 7) is 9.61. The van der Waals surface area contributed by atoms with E-state index >= 15 is 0 Å². The molecule has 2 bridgehead atoms. The Balaban J connectivity index is 1.37. The van der Waals surface area contributed by atoms with Gasteiger partial charge in [0.25, 0.3) is 11.8 Å². The molecule has 248 valence electrons. The van der Waals surface area contributed by atoms with Crippen LogP contribution in [0.2, 0.25) is 0 Å². The summed E-state index contributed by atoms with van der Waals surface area (Å²) in [5.74, 6) is 2.96. The number of amides is 2. The predicted molar refractivity (Wildman–Crippen MR) is 189 cm³/mol. The number of carbonyl (C=O) groups is 2. The van der Waals surface area contributed by atoms with E-state index in [0.29, 0.717) is 41.3 Å². The molecular formula is C41H48ClNO4. The fourth-order valence-corrected chi connectivity index (χ4v) is 8.95. The zero-order valence-corrected chi connectivity index (χ0v) is 29.4.